The van der Waals surface area contributed by atoms with Gasteiger partial charge in [-0.2, -0.15) is 4.31 Å². The smallest absolute Gasteiger partial charge is 0.262 e. The summed E-state index contributed by atoms with van der Waals surface area (Å²) in [6.07, 6.45) is 1.44. The molecule has 1 aromatic carbocycles. The van der Waals surface area contributed by atoms with Crippen molar-refractivity contribution in [3.63, 3.8) is 0 Å². The predicted octanol–water partition coefficient (Wildman–Crippen LogP) is 3.88. The number of rotatable bonds is 6. The molecule has 27 heavy (non-hydrogen) atoms. The molecule has 1 aromatic heterocycles. The van der Waals surface area contributed by atoms with E-state index in [-0.39, 0.29) is 15.8 Å². The van der Waals surface area contributed by atoms with Crippen molar-refractivity contribution in [2.24, 2.45) is 7.05 Å². The summed E-state index contributed by atoms with van der Waals surface area (Å²) in [4.78, 5) is 0. The highest BCUT2D eigenvalue weighted by Gasteiger charge is 2.30. The van der Waals surface area contributed by atoms with Gasteiger partial charge in [-0.25, -0.2) is 8.42 Å². The normalized spacial score (nSPS) is 11.6. The Kier molecular flexibility index (Phi) is 6.98. The van der Waals surface area contributed by atoms with Crippen molar-refractivity contribution in [1.29, 1.82) is 0 Å². The van der Waals surface area contributed by atoms with Crippen LogP contribution in [-0.2, 0) is 17.1 Å². The number of sulfonamides is 1. The second kappa shape index (κ2) is 8.66. The van der Waals surface area contributed by atoms with Crippen LogP contribution in [0, 0.1) is 0 Å². The van der Waals surface area contributed by atoms with Gasteiger partial charge in [0.25, 0.3) is 10.0 Å². The Bertz CT molecular complexity index is 957. The summed E-state index contributed by atoms with van der Waals surface area (Å²) in [5.41, 5.74) is 0.631. The van der Waals surface area contributed by atoms with E-state index in [0.29, 0.717) is 28.8 Å². The quantitative estimate of drug-likeness (QED) is 0.578. The third-order valence-electron chi connectivity index (χ3n) is 3.84. The molecular weight excluding hydrogens is 431 g/mol. The Labute approximate surface area is 173 Å². The number of benzene rings is 1. The summed E-state index contributed by atoms with van der Waals surface area (Å²) >= 11 is 17.3. The molecule has 0 unspecified atom stereocenters. The van der Waals surface area contributed by atoms with Crippen LogP contribution in [0.2, 0.25) is 10.0 Å². The molecule has 1 heterocycles. The van der Waals surface area contributed by atoms with Gasteiger partial charge in [0.1, 0.15) is 5.69 Å². The molecule has 0 aliphatic heterocycles. The molecule has 0 fully saturated rings. The second-order valence-electron chi connectivity index (χ2n) is 5.58. The van der Waals surface area contributed by atoms with E-state index in [1.165, 1.54) is 22.1 Å². The molecule has 0 atom stereocenters. The Balaban J connectivity index is 2.28. The first-order chi connectivity index (χ1) is 12.6. The lowest BCUT2D eigenvalue weighted by molar-refractivity contribution is 0.421. The molecule has 0 saturated carbocycles. The summed E-state index contributed by atoms with van der Waals surface area (Å²) in [5, 5.41) is 16.7. The number of hydrogen-bond donors (Lipinski definition) is 3. The molecule has 7 nitrogen and oxygen atoms in total. The largest absolute Gasteiger partial charge is 0.503 e. The Hall–Kier alpha value is -1.52. The van der Waals surface area contributed by atoms with Gasteiger partial charge in [0.2, 0.25) is 0 Å². The minimum absolute atomic E-state index is 0.117. The summed E-state index contributed by atoms with van der Waals surface area (Å²) < 4.78 is 28.1. The van der Waals surface area contributed by atoms with Gasteiger partial charge in [0, 0.05) is 26.3 Å². The van der Waals surface area contributed by atoms with Crippen molar-refractivity contribution < 1.29 is 13.5 Å². The molecule has 2 rings (SSSR count). The molecule has 0 radical (unpaired) electrons. The van der Waals surface area contributed by atoms with Crippen LogP contribution in [0.4, 0.5) is 11.4 Å². The van der Waals surface area contributed by atoms with Crippen LogP contribution in [0.1, 0.15) is 13.8 Å². The van der Waals surface area contributed by atoms with E-state index >= 15 is 0 Å². The minimum atomic E-state index is -3.84. The Morgan fingerprint density at radius 3 is 2.41 bits per heavy atom. The molecule has 0 aliphatic carbocycles. The van der Waals surface area contributed by atoms with E-state index in [4.69, 9.17) is 35.4 Å². The third kappa shape index (κ3) is 4.49. The van der Waals surface area contributed by atoms with Gasteiger partial charge in [-0.3, -0.25) is 0 Å². The number of aromatic nitrogens is 1. The lowest BCUT2D eigenvalue weighted by Gasteiger charge is -2.18. The zero-order chi connectivity index (χ0) is 20.4. The van der Waals surface area contributed by atoms with Crippen LogP contribution < -0.4 is 10.6 Å². The fourth-order valence-electron chi connectivity index (χ4n) is 2.55. The molecule has 0 spiro atoms. The van der Waals surface area contributed by atoms with E-state index in [9.17, 15) is 13.5 Å². The zero-order valence-electron chi connectivity index (χ0n) is 15.0. The van der Waals surface area contributed by atoms with E-state index < -0.39 is 15.8 Å². The Morgan fingerprint density at radius 2 is 1.81 bits per heavy atom. The van der Waals surface area contributed by atoms with Gasteiger partial charge in [-0.15, -0.1) is 0 Å². The number of anilines is 2. The monoisotopic (exact) mass is 450 g/mol. The highest BCUT2D eigenvalue weighted by atomic mass is 35.5. The van der Waals surface area contributed by atoms with Crippen molar-refractivity contribution in [2.75, 3.05) is 23.7 Å². The fraction of sp³-hybridized carbons (Fsp3) is 0.312. The van der Waals surface area contributed by atoms with Crippen molar-refractivity contribution in [2.45, 2.75) is 18.9 Å². The number of nitrogens with zero attached hydrogens (tertiary/aromatic N) is 2. The molecule has 2 aromatic rings. The van der Waals surface area contributed by atoms with Crippen LogP contribution in [-0.4, -0.2) is 40.6 Å². The summed E-state index contributed by atoms with van der Waals surface area (Å²) in [7, 11) is -2.31. The number of nitrogens with one attached hydrogen (secondary N) is 2. The molecule has 11 heteroatoms. The first-order valence-corrected chi connectivity index (χ1v) is 10.6. The number of thiocarbonyl (C=S) groups is 1. The second-order valence-corrected chi connectivity index (χ2v) is 8.62. The van der Waals surface area contributed by atoms with Crippen molar-refractivity contribution in [1.82, 2.24) is 8.87 Å². The van der Waals surface area contributed by atoms with Gasteiger partial charge in [0.15, 0.2) is 15.9 Å². The topological polar surface area (TPSA) is 86.6 Å². The van der Waals surface area contributed by atoms with E-state index in [1.54, 1.807) is 32.0 Å². The zero-order valence-corrected chi connectivity index (χ0v) is 18.1. The maximum atomic E-state index is 12.7. The number of halogens is 2. The van der Waals surface area contributed by atoms with E-state index in [2.05, 4.69) is 10.6 Å². The van der Waals surface area contributed by atoms with Gasteiger partial charge < -0.3 is 20.3 Å². The minimum Gasteiger partial charge on any atom is -0.503 e. The summed E-state index contributed by atoms with van der Waals surface area (Å²) in [5.74, 6) is -0.411. The third-order valence-corrected chi connectivity index (χ3v) is 7.03. The fourth-order valence-corrected chi connectivity index (χ4v) is 4.82. The van der Waals surface area contributed by atoms with Crippen molar-refractivity contribution in [3.05, 3.63) is 34.4 Å². The highest BCUT2D eigenvalue weighted by Crippen LogP contribution is 2.35. The molecule has 148 valence electrons. The molecular formula is C16H20Cl2N4O3S2. The molecule has 0 amide bonds. The molecule has 0 saturated heterocycles. The van der Waals surface area contributed by atoms with Gasteiger partial charge in [-0.05, 0) is 24.4 Å². The molecule has 0 bridgehead atoms. The molecule has 0 aliphatic rings. The highest BCUT2D eigenvalue weighted by molar-refractivity contribution is 7.89. The number of aryl methyl sites for hydroxylation is 1. The van der Waals surface area contributed by atoms with Crippen LogP contribution in [0.3, 0.4) is 0 Å². The predicted molar refractivity (Wildman–Crippen MR) is 113 cm³/mol. The van der Waals surface area contributed by atoms with Gasteiger partial charge >= 0.3 is 0 Å². The van der Waals surface area contributed by atoms with Crippen LogP contribution in [0.25, 0.3) is 0 Å². The van der Waals surface area contributed by atoms with Crippen LogP contribution >= 0.6 is 35.4 Å². The van der Waals surface area contributed by atoms with E-state index in [1.807, 2.05) is 0 Å². The molecule has 3 N–H and O–H groups in total. The van der Waals surface area contributed by atoms with Gasteiger partial charge in [0.05, 0.1) is 15.7 Å². The summed E-state index contributed by atoms with van der Waals surface area (Å²) in [6.45, 7) is 4.04. The average molecular weight is 451 g/mol. The first-order valence-electron chi connectivity index (χ1n) is 8.03. The van der Waals surface area contributed by atoms with Crippen LogP contribution in [0.5, 0.6) is 5.75 Å². The maximum Gasteiger partial charge on any atom is 0.262 e. The van der Waals surface area contributed by atoms with E-state index in [0.717, 1.165) is 0 Å². The van der Waals surface area contributed by atoms with Crippen LogP contribution in [0.15, 0.2) is 29.4 Å². The maximum absolute atomic E-state index is 12.7. The van der Waals surface area contributed by atoms with Crippen molar-refractivity contribution in [3.8, 4) is 5.75 Å². The standard InChI is InChI=1S/C16H20Cl2N4O3S2/c1-4-22(5-2)27(24,25)15-14(23)12(9-21(15)3)20-16(26)19-11-8-6-7-10(17)13(11)18/h6-9,23H,4-5H2,1-3H3,(H2,19,20,26). The summed E-state index contributed by atoms with van der Waals surface area (Å²) in [6, 6.07) is 5.02. The lowest BCUT2D eigenvalue weighted by Crippen LogP contribution is -2.31. The number of hydrogen-bond acceptors (Lipinski definition) is 4. The van der Waals surface area contributed by atoms with Gasteiger partial charge in [-0.1, -0.05) is 43.1 Å². The lowest BCUT2D eigenvalue weighted by atomic mass is 10.3. The average Bonchev–Trinajstić information content (AvgIpc) is 2.86. The number of aromatic hydroxyl groups is 1. The first kappa shape index (κ1) is 21.8. The van der Waals surface area contributed by atoms with Crippen molar-refractivity contribution >= 4 is 61.9 Å². The SMILES string of the molecule is CCN(CC)S(=O)(=O)c1c(O)c(NC(=S)Nc2cccc(Cl)c2Cl)cn1C. The Morgan fingerprint density at radius 1 is 1.22 bits per heavy atom.